The van der Waals surface area contributed by atoms with Crippen molar-refractivity contribution in [1.82, 2.24) is 20.4 Å². The first-order valence-electron chi connectivity index (χ1n) is 19.4. The number of carbonyl (C=O) groups is 6. The number of nitrogens with zero attached hydrogens (tertiary/aromatic N) is 2. The minimum absolute atomic E-state index is 0. The standard InChI is InChI=1S/2C18H25BN3O8.2Na/c2*1-9(20)16(23)21-10(2)17(24)22-7-12(8-22)29-13-4-3-11-5-6-19(27,28)30-15(11)14(13)18(25)26;;/h2*3-4,9-10,12,27-28H,5-8,20H2,1-2H3,(H,21,23)(H,25,26);;/q2*-1;2*+1/t2*9-,10-;;/m11../s1. The number of ether oxygens (including phenoxy) is 2. The van der Waals surface area contributed by atoms with Gasteiger partial charge in [-0.3, -0.25) is 19.2 Å². The van der Waals surface area contributed by atoms with Crippen LogP contribution in [0.1, 0.15) is 59.5 Å². The normalized spacial score (nSPS) is 18.9. The first kappa shape index (κ1) is 52.7. The van der Waals surface area contributed by atoms with Gasteiger partial charge in [0.1, 0.15) is 46.9 Å². The fourth-order valence-electron chi connectivity index (χ4n) is 6.77. The summed E-state index contributed by atoms with van der Waals surface area (Å²) in [7, 11) is 0. The summed E-state index contributed by atoms with van der Waals surface area (Å²) >= 11 is 0. The predicted octanol–water partition coefficient (Wildman–Crippen LogP) is -8.62. The van der Waals surface area contributed by atoms with Gasteiger partial charge in [-0.05, 0) is 63.8 Å². The van der Waals surface area contributed by atoms with Crippen LogP contribution in [0.15, 0.2) is 24.3 Å². The summed E-state index contributed by atoms with van der Waals surface area (Å²) in [5.74, 6) is -4.32. The molecule has 0 spiro atoms. The van der Waals surface area contributed by atoms with Crippen LogP contribution in [0.2, 0.25) is 12.6 Å². The number of likely N-dealkylation sites (tertiary alicyclic amines) is 2. The Labute approximate surface area is 400 Å². The van der Waals surface area contributed by atoms with Crippen LogP contribution in [0.5, 0.6) is 23.0 Å². The molecule has 22 nitrogen and oxygen atoms in total. The van der Waals surface area contributed by atoms with Gasteiger partial charge in [-0.1, -0.05) is 24.8 Å². The van der Waals surface area contributed by atoms with E-state index in [4.69, 9.17) is 30.2 Å². The third kappa shape index (κ3) is 12.8. The average molecular weight is 890 g/mol. The van der Waals surface area contributed by atoms with Crippen molar-refractivity contribution in [2.75, 3.05) is 26.2 Å². The molecule has 6 rings (SSSR count). The summed E-state index contributed by atoms with van der Waals surface area (Å²) in [5, 5.41) is 63.4. The summed E-state index contributed by atoms with van der Waals surface area (Å²) in [4.78, 5) is 74.5. The molecular formula is C36H50B2N6Na2O16. The molecule has 2 aromatic carbocycles. The monoisotopic (exact) mass is 890 g/mol. The smallest absolute Gasteiger partial charge is 0.669 e. The van der Waals surface area contributed by atoms with E-state index < -0.39 is 73.6 Å². The van der Waals surface area contributed by atoms with Gasteiger partial charge in [-0.15, -0.1) is 0 Å². The number of fused-ring (bicyclic) bond motifs is 2. The van der Waals surface area contributed by atoms with Gasteiger partial charge in [-0.25, -0.2) is 9.59 Å². The van der Waals surface area contributed by atoms with E-state index in [1.165, 1.54) is 35.8 Å². The van der Waals surface area contributed by atoms with Gasteiger partial charge < -0.3 is 81.0 Å². The molecule has 4 atom stereocenters. The van der Waals surface area contributed by atoms with Gasteiger partial charge >= 0.3 is 84.6 Å². The summed E-state index contributed by atoms with van der Waals surface area (Å²) in [6, 6.07) is 3.27. The Morgan fingerprint density at radius 1 is 0.645 bits per heavy atom. The molecule has 0 saturated carbocycles. The number of amides is 4. The van der Waals surface area contributed by atoms with Crippen molar-refractivity contribution in [3.8, 4) is 23.0 Å². The molecule has 328 valence electrons. The maximum Gasteiger partial charge on any atom is 1.00 e. The van der Waals surface area contributed by atoms with Gasteiger partial charge in [0.05, 0.1) is 49.8 Å². The number of carboxylic acids is 2. The van der Waals surface area contributed by atoms with Crippen LogP contribution in [-0.4, -0.2) is 152 Å². The van der Waals surface area contributed by atoms with Crippen molar-refractivity contribution in [2.24, 2.45) is 11.5 Å². The van der Waals surface area contributed by atoms with Crippen LogP contribution >= 0.6 is 0 Å². The minimum Gasteiger partial charge on any atom is -0.669 e. The molecule has 4 aliphatic rings. The second kappa shape index (κ2) is 21.4. The Bertz CT molecular complexity index is 1890. The largest absolute Gasteiger partial charge is 1.00 e. The van der Waals surface area contributed by atoms with Gasteiger partial charge in [0, 0.05) is 0 Å². The van der Waals surface area contributed by atoms with Gasteiger partial charge in [0.2, 0.25) is 23.6 Å². The van der Waals surface area contributed by atoms with Crippen LogP contribution in [0.4, 0.5) is 0 Å². The molecular weight excluding hydrogens is 840 g/mol. The number of benzene rings is 2. The van der Waals surface area contributed by atoms with Crippen LogP contribution in [0, 0.1) is 0 Å². The molecule has 0 bridgehead atoms. The van der Waals surface area contributed by atoms with Crippen molar-refractivity contribution in [3.63, 3.8) is 0 Å². The number of aryl methyl sites for hydroxylation is 2. The van der Waals surface area contributed by atoms with Crippen molar-refractivity contribution in [2.45, 2.75) is 89.6 Å². The van der Waals surface area contributed by atoms with Crippen molar-refractivity contribution in [1.29, 1.82) is 0 Å². The SMILES string of the molecule is C[C@@H](N)C(=O)N[C@H](C)C(=O)N1CC(Oc2ccc3c(c2C(=O)O)O[B-](O)(O)CC3)C1.C[C@@H](N)C(=O)N[C@H](C)C(=O)N1CC(Oc2ccc3c(c2C(=O)O)O[B-](O)(O)CC3)C1.[Na+].[Na+]. The molecule has 2 saturated heterocycles. The first-order chi connectivity index (χ1) is 28.0. The molecule has 26 heteroatoms. The topological polar surface area (TPSA) is 343 Å². The summed E-state index contributed by atoms with van der Waals surface area (Å²) < 4.78 is 21.7. The maximum atomic E-state index is 12.4. The van der Waals surface area contributed by atoms with E-state index in [0.717, 1.165) is 0 Å². The predicted molar refractivity (Wildman–Crippen MR) is 210 cm³/mol. The van der Waals surface area contributed by atoms with E-state index in [1.54, 1.807) is 26.0 Å². The quantitative estimate of drug-likeness (QED) is 0.0885. The molecule has 0 aromatic heterocycles. The van der Waals surface area contributed by atoms with Crippen LogP contribution < -0.4 is 100.0 Å². The van der Waals surface area contributed by atoms with E-state index in [2.05, 4.69) is 10.6 Å². The van der Waals surface area contributed by atoms with Crippen molar-refractivity contribution < 1.29 is 137 Å². The fourth-order valence-corrected chi connectivity index (χ4v) is 6.77. The number of nitrogens with one attached hydrogen (secondary N) is 2. The molecule has 4 aliphatic heterocycles. The molecule has 12 N–H and O–H groups in total. The molecule has 0 aliphatic carbocycles. The van der Waals surface area contributed by atoms with Crippen LogP contribution in [0.25, 0.3) is 0 Å². The third-order valence-corrected chi connectivity index (χ3v) is 10.2. The summed E-state index contributed by atoms with van der Waals surface area (Å²) in [5.41, 5.74) is 11.5. The van der Waals surface area contributed by atoms with Gasteiger partial charge in [-0.2, -0.15) is 0 Å². The Kier molecular flexibility index (Phi) is 18.1. The van der Waals surface area contributed by atoms with Gasteiger partial charge in [0.25, 0.3) is 0 Å². The number of hydrogen-bond acceptors (Lipinski definition) is 16. The number of aromatic carboxylic acids is 2. The number of nitrogens with two attached hydrogens (primary N) is 2. The second-order valence-corrected chi connectivity index (χ2v) is 15.5. The van der Waals surface area contributed by atoms with Crippen molar-refractivity contribution in [3.05, 3.63) is 46.5 Å². The molecule has 2 fully saturated rings. The molecule has 2 aromatic rings. The van der Waals surface area contributed by atoms with E-state index in [9.17, 15) is 59.1 Å². The molecule has 4 amide bonds. The summed E-state index contributed by atoms with van der Waals surface area (Å²) in [6.45, 7) is 0.730. The average Bonchev–Trinajstić information content (AvgIpc) is 3.12. The Morgan fingerprint density at radius 2 is 0.968 bits per heavy atom. The fraction of sp³-hybridized carbons (Fsp3) is 0.500. The van der Waals surface area contributed by atoms with E-state index in [1.807, 2.05) is 0 Å². The zero-order valence-corrected chi connectivity index (χ0v) is 39.4. The zero-order valence-electron chi connectivity index (χ0n) is 35.4. The first-order valence-corrected chi connectivity index (χ1v) is 19.4. The van der Waals surface area contributed by atoms with E-state index in [0.29, 0.717) is 11.1 Å². The van der Waals surface area contributed by atoms with Crippen molar-refractivity contribution >= 4 is 49.1 Å². The molecule has 0 unspecified atom stereocenters. The molecule has 0 radical (unpaired) electrons. The zero-order chi connectivity index (χ0) is 44.4. The molecule has 62 heavy (non-hydrogen) atoms. The minimum atomic E-state index is -3.12. The molecule has 4 heterocycles. The van der Waals surface area contributed by atoms with Crippen LogP contribution in [0.3, 0.4) is 0 Å². The number of carbonyl (C=O) groups excluding carboxylic acids is 4. The Morgan fingerprint density at radius 3 is 1.26 bits per heavy atom. The maximum absolute atomic E-state index is 12.4. The Hall–Kier alpha value is -3.65. The Balaban J connectivity index is 0.000000320. The summed E-state index contributed by atoms with van der Waals surface area (Å²) in [6.07, 6.45) is -0.431. The van der Waals surface area contributed by atoms with E-state index in [-0.39, 0.29) is 157 Å². The second-order valence-electron chi connectivity index (χ2n) is 15.5. The third-order valence-electron chi connectivity index (χ3n) is 10.2. The van der Waals surface area contributed by atoms with Crippen LogP contribution in [-0.2, 0) is 32.0 Å². The number of hydrogen-bond donors (Lipinski definition) is 10. The van der Waals surface area contributed by atoms with E-state index >= 15 is 0 Å². The number of carboxylic acid groups (broad SMARTS) is 2. The number of rotatable bonds is 12. The van der Waals surface area contributed by atoms with Gasteiger partial charge in [0.15, 0.2) is 0 Å².